The van der Waals surface area contributed by atoms with Gasteiger partial charge in [-0.05, 0) is 31.2 Å². The molecule has 1 aromatic carbocycles. The minimum absolute atomic E-state index is 0.00500. The summed E-state index contributed by atoms with van der Waals surface area (Å²) < 4.78 is 10.0. The molecule has 1 aliphatic rings. The lowest BCUT2D eigenvalue weighted by molar-refractivity contribution is -0.112. The number of anilines is 1. The molecule has 1 N–H and O–H groups in total. The molecule has 0 spiro atoms. The lowest BCUT2D eigenvalue weighted by Gasteiger charge is -2.33. The van der Waals surface area contributed by atoms with E-state index in [1.807, 2.05) is 11.0 Å². The number of benzene rings is 1. The lowest BCUT2D eigenvalue weighted by Crippen LogP contribution is -2.47. The number of ether oxygens (including phenoxy) is 2. The van der Waals surface area contributed by atoms with Gasteiger partial charge in [0.1, 0.15) is 17.4 Å². The van der Waals surface area contributed by atoms with E-state index in [0.717, 1.165) is 0 Å². The Kier molecular flexibility index (Phi) is 6.85. The molecule has 2 rings (SSSR count). The number of methoxy groups -OCH3 is 1. The highest BCUT2D eigenvalue weighted by atomic mass is 16.6. The smallest absolute Gasteiger partial charge is 0.409 e. The van der Waals surface area contributed by atoms with Crippen molar-refractivity contribution in [1.82, 2.24) is 9.80 Å². The van der Waals surface area contributed by atoms with Crippen molar-refractivity contribution in [3.63, 3.8) is 0 Å². The molecule has 8 nitrogen and oxygen atoms in total. The van der Waals surface area contributed by atoms with Crippen molar-refractivity contribution in [2.45, 2.75) is 6.92 Å². The average Bonchev–Trinajstić information content (AvgIpc) is 2.67. The fraction of sp³-hybridized carbons (Fsp3) is 0.389. The van der Waals surface area contributed by atoms with Crippen LogP contribution in [0, 0.1) is 11.3 Å². The van der Waals surface area contributed by atoms with Crippen LogP contribution in [0.5, 0.6) is 5.75 Å². The largest absolute Gasteiger partial charge is 0.497 e. The number of carbonyl (C=O) groups excluding carboxylic acids is 2. The van der Waals surface area contributed by atoms with E-state index in [1.165, 1.54) is 6.20 Å². The van der Waals surface area contributed by atoms with Crippen LogP contribution < -0.4 is 10.1 Å². The van der Waals surface area contributed by atoms with Gasteiger partial charge in [-0.1, -0.05) is 0 Å². The van der Waals surface area contributed by atoms with E-state index in [0.29, 0.717) is 44.2 Å². The Labute approximate surface area is 152 Å². The number of carbonyl (C=O) groups is 2. The van der Waals surface area contributed by atoms with E-state index in [1.54, 1.807) is 43.2 Å². The summed E-state index contributed by atoms with van der Waals surface area (Å²) in [4.78, 5) is 27.4. The maximum Gasteiger partial charge on any atom is 0.409 e. The minimum Gasteiger partial charge on any atom is -0.497 e. The minimum atomic E-state index is -0.481. The van der Waals surface area contributed by atoms with Crippen LogP contribution in [0.4, 0.5) is 10.5 Å². The molecular weight excluding hydrogens is 336 g/mol. The zero-order valence-corrected chi connectivity index (χ0v) is 14.9. The Morgan fingerprint density at radius 2 is 1.88 bits per heavy atom. The highest BCUT2D eigenvalue weighted by Gasteiger charge is 2.21. The zero-order chi connectivity index (χ0) is 18.9. The number of hydrogen-bond acceptors (Lipinski definition) is 6. The lowest BCUT2D eigenvalue weighted by atomic mass is 10.2. The van der Waals surface area contributed by atoms with Gasteiger partial charge in [0, 0.05) is 38.1 Å². The first-order valence-electron chi connectivity index (χ1n) is 8.30. The van der Waals surface area contributed by atoms with Gasteiger partial charge in [-0.15, -0.1) is 0 Å². The Balaban J connectivity index is 1.94. The molecule has 1 aromatic rings. The second kappa shape index (κ2) is 9.32. The Morgan fingerprint density at radius 3 is 2.42 bits per heavy atom. The summed E-state index contributed by atoms with van der Waals surface area (Å²) in [6.07, 6.45) is 1.19. The predicted octanol–water partition coefficient (Wildman–Crippen LogP) is 1.82. The van der Waals surface area contributed by atoms with E-state index in [-0.39, 0.29) is 11.7 Å². The maximum absolute atomic E-state index is 12.3. The van der Waals surface area contributed by atoms with E-state index in [4.69, 9.17) is 9.47 Å². The molecular formula is C18H22N4O4. The molecule has 138 valence electrons. The van der Waals surface area contributed by atoms with Gasteiger partial charge in [0.05, 0.1) is 13.7 Å². The summed E-state index contributed by atoms with van der Waals surface area (Å²) in [6.45, 7) is 4.11. The third-order valence-electron chi connectivity index (χ3n) is 3.86. The average molecular weight is 358 g/mol. The second-order valence-electron chi connectivity index (χ2n) is 5.56. The quantitative estimate of drug-likeness (QED) is 0.637. The standard InChI is InChI=1S/C18H22N4O4/c1-3-26-18(24)22-10-8-21(9-11-22)13-14(12-19)17(23)20-15-4-6-16(25-2)7-5-15/h4-7,13H,3,8-11H2,1-2H3,(H,20,23)/b14-13-. The van der Waals surface area contributed by atoms with Gasteiger partial charge >= 0.3 is 6.09 Å². The summed E-state index contributed by atoms with van der Waals surface area (Å²) >= 11 is 0. The molecule has 0 atom stereocenters. The molecule has 0 radical (unpaired) electrons. The molecule has 0 aliphatic carbocycles. The maximum atomic E-state index is 12.3. The molecule has 2 amide bonds. The Bertz CT molecular complexity index is 701. The van der Waals surface area contributed by atoms with E-state index in [2.05, 4.69) is 5.32 Å². The van der Waals surface area contributed by atoms with Crippen LogP contribution in [-0.4, -0.2) is 61.7 Å². The molecule has 8 heteroatoms. The van der Waals surface area contributed by atoms with E-state index < -0.39 is 5.91 Å². The van der Waals surface area contributed by atoms with Crippen LogP contribution in [0.25, 0.3) is 0 Å². The molecule has 0 bridgehead atoms. The van der Waals surface area contributed by atoms with Crippen LogP contribution in [0.15, 0.2) is 36.0 Å². The van der Waals surface area contributed by atoms with Gasteiger partial charge in [-0.2, -0.15) is 5.26 Å². The van der Waals surface area contributed by atoms with Gasteiger partial charge < -0.3 is 24.6 Å². The van der Waals surface area contributed by atoms with Crippen LogP contribution in [0.2, 0.25) is 0 Å². The van der Waals surface area contributed by atoms with Gasteiger partial charge in [-0.25, -0.2) is 4.79 Å². The first kappa shape index (κ1) is 19.1. The molecule has 26 heavy (non-hydrogen) atoms. The summed E-state index contributed by atoms with van der Waals surface area (Å²) in [5.41, 5.74) is 0.578. The molecule has 0 aromatic heterocycles. The highest BCUT2D eigenvalue weighted by molar-refractivity contribution is 6.06. The normalized spacial score (nSPS) is 14.4. The molecule has 1 heterocycles. The highest BCUT2D eigenvalue weighted by Crippen LogP contribution is 2.16. The van der Waals surface area contributed by atoms with Crippen LogP contribution in [0.3, 0.4) is 0 Å². The fourth-order valence-corrected chi connectivity index (χ4v) is 2.44. The first-order chi connectivity index (χ1) is 12.6. The Morgan fingerprint density at radius 1 is 1.23 bits per heavy atom. The van der Waals surface area contributed by atoms with Crippen LogP contribution in [0.1, 0.15) is 6.92 Å². The van der Waals surface area contributed by atoms with Crippen molar-refractivity contribution >= 4 is 17.7 Å². The second-order valence-corrected chi connectivity index (χ2v) is 5.56. The van der Waals surface area contributed by atoms with Crippen molar-refractivity contribution in [1.29, 1.82) is 5.26 Å². The molecule has 1 fully saturated rings. The van der Waals surface area contributed by atoms with Crippen molar-refractivity contribution in [2.24, 2.45) is 0 Å². The Hall–Kier alpha value is -3.21. The third kappa shape index (κ3) is 5.14. The molecule has 0 saturated carbocycles. The molecule has 1 saturated heterocycles. The van der Waals surface area contributed by atoms with Crippen molar-refractivity contribution < 1.29 is 19.1 Å². The third-order valence-corrected chi connectivity index (χ3v) is 3.86. The summed E-state index contributed by atoms with van der Waals surface area (Å²) in [5.74, 6) is 0.198. The summed E-state index contributed by atoms with van der Waals surface area (Å²) in [6, 6.07) is 8.76. The molecule has 0 unspecified atom stereocenters. The van der Waals surface area contributed by atoms with E-state index >= 15 is 0 Å². The first-order valence-corrected chi connectivity index (χ1v) is 8.30. The SMILES string of the molecule is CCOC(=O)N1CCN(/C=C(/C#N)C(=O)Nc2ccc(OC)cc2)CC1. The fourth-order valence-electron chi connectivity index (χ4n) is 2.44. The van der Waals surface area contributed by atoms with Gasteiger partial charge in [0.25, 0.3) is 5.91 Å². The number of amides is 2. The number of hydrogen-bond donors (Lipinski definition) is 1. The number of nitrogens with one attached hydrogen (secondary N) is 1. The van der Waals surface area contributed by atoms with Crippen molar-refractivity contribution in [3.05, 3.63) is 36.0 Å². The monoisotopic (exact) mass is 358 g/mol. The number of piperazine rings is 1. The van der Waals surface area contributed by atoms with Gasteiger partial charge in [-0.3, -0.25) is 4.79 Å². The van der Waals surface area contributed by atoms with Gasteiger partial charge in [0.15, 0.2) is 0 Å². The molecule has 1 aliphatic heterocycles. The zero-order valence-electron chi connectivity index (χ0n) is 14.9. The predicted molar refractivity (Wildman–Crippen MR) is 95.5 cm³/mol. The van der Waals surface area contributed by atoms with Gasteiger partial charge in [0.2, 0.25) is 0 Å². The van der Waals surface area contributed by atoms with E-state index in [9.17, 15) is 14.9 Å². The number of nitriles is 1. The topological polar surface area (TPSA) is 94.9 Å². The number of rotatable bonds is 5. The van der Waals surface area contributed by atoms with Crippen molar-refractivity contribution in [3.8, 4) is 11.8 Å². The van der Waals surface area contributed by atoms with Crippen molar-refractivity contribution in [2.75, 3.05) is 45.2 Å². The summed E-state index contributed by atoms with van der Waals surface area (Å²) in [5, 5.41) is 12.0. The number of nitrogens with zero attached hydrogens (tertiary/aromatic N) is 3. The van der Waals surface area contributed by atoms with Crippen LogP contribution >= 0.6 is 0 Å². The van der Waals surface area contributed by atoms with Crippen LogP contribution in [-0.2, 0) is 9.53 Å². The summed E-state index contributed by atoms with van der Waals surface area (Å²) in [7, 11) is 1.56.